The second kappa shape index (κ2) is 5.44. The minimum atomic E-state index is -0.0993. The van der Waals surface area contributed by atoms with E-state index in [9.17, 15) is 4.79 Å². The maximum absolute atomic E-state index is 12.5. The highest BCUT2D eigenvalue weighted by Gasteiger charge is 2.24. The first-order valence-electron chi connectivity index (χ1n) is 6.18. The molecule has 0 saturated carbocycles. The number of hydrogen-bond donors (Lipinski definition) is 1. The molecule has 0 aliphatic rings. The van der Waals surface area contributed by atoms with Crippen LogP contribution in [0, 0.1) is 0 Å². The molecule has 0 spiro atoms. The van der Waals surface area contributed by atoms with E-state index in [4.69, 9.17) is 5.73 Å². The lowest BCUT2D eigenvalue weighted by Crippen LogP contribution is -2.31. The third-order valence-corrected chi connectivity index (χ3v) is 4.27. The van der Waals surface area contributed by atoms with Gasteiger partial charge in [0.2, 0.25) is 0 Å². The number of anilines is 1. The molecule has 2 aromatic rings. The Bertz CT molecular complexity index is 561. The van der Waals surface area contributed by atoms with Crippen molar-refractivity contribution in [2.24, 2.45) is 0 Å². The molecule has 0 aromatic carbocycles. The number of thiophene rings is 1. The zero-order valence-corrected chi connectivity index (χ0v) is 12.1. The van der Waals surface area contributed by atoms with Crippen molar-refractivity contribution in [1.29, 1.82) is 0 Å². The summed E-state index contributed by atoms with van der Waals surface area (Å²) in [4.78, 5) is 15.4. The molecule has 1 amide bonds. The van der Waals surface area contributed by atoms with Crippen LogP contribution in [0.5, 0.6) is 0 Å². The Morgan fingerprint density at radius 1 is 1.63 bits per heavy atom. The maximum Gasteiger partial charge on any atom is 0.274 e. The molecule has 19 heavy (non-hydrogen) atoms. The van der Waals surface area contributed by atoms with Gasteiger partial charge in [0, 0.05) is 18.5 Å². The molecule has 102 valence electrons. The van der Waals surface area contributed by atoms with E-state index in [-0.39, 0.29) is 11.9 Å². The van der Waals surface area contributed by atoms with Crippen molar-refractivity contribution in [1.82, 2.24) is 14.7 Å². The lowest BCUT2D eigenvalue weighted by atomic mass is 10.2. The first-order valence-corrected chi connectivity index (χ1v) is 7.06. The van der Waals surface area contributed by atoms with Gasteiger partial charge in [0.25, 0.3) is 5.91 Å². The van der Waals surface area contributed by atoms with Crippen LogP contribution in [-0.4, -0.2) is 27.6 Å². The molecule has 1 atom stereocenters. The lowest BCUT2D eigenvalue weighted by molar-refractivity contribution is 0.0733. The number of nitrogen functional groups attached to an aromatic ring is 1. The fourth-order valence-corrected chi connectivity index (χ4v) is 2.76. The van der Waals surface area contributed by atoms with Crippen molar-refractivity contribution in [3.63, 3.8) is 0 Å². The van der Waals surface area contributed by atoms with Crippen LogP contribution < -0.4 is 5.73 Å². The molecule has 6 heteroatoms. The molecule has 2 N–H and O–H groups in total. The van der Waals surface area contributed by atoms with Crippen LogP contribution in [0.1, 0.15) is 35.3 Å². The minimum Gasteiger partial charge on any atom is -0.396 e. The van der Waals surface area contributed by atoms with E-state index >= 15 is 0 Å². The van der Waals surface area contributed by atoms with E-state index < -0.39 is 0 Å². The standard InChI is InChI=1S/C13H18N4OS/c1-4-17-12(10(14)8-15-17)13(18)16(3)9(2)11-6-5-7-19-11/h5-9H,4,14H2,1-3H3. The lowest BCUT2D eigenvalue weighted by Gasteiger charge is -2.24. The molecular formula is C13H18N4OS. The largest absolute Gasteiger partial charge is 0.396 e. The number of aromatic nitrogens is 2. The summed E-state index contributed by atoms with van der Waals surface area (Å²) in [5.41, 5.74) is 6.74. The number of amides is 1. The highest BCUT2D eigenvalue weighted by molar-refractivity contribution is 7.10. The zero-order chi connectivity index (χ0) is 14.0. The fraction of sp³-hybridized carbons (Fsp3) is 0.385. The van der Waals surface area contributed by atoms with Crippen LogP contribution in [0.2, 0.25) is 0 Å². The smallest absolute Gasteiger partial charge is 0.274 e. The number of hydrogen-bond acceptors (Lipinski definition) is 4. The predicted octanol–water partition coefficient (Wildman–Crippen LogP) is 2.38. The van der Waals surface area contributed by atoms with Gasteiger partial charge in [-0.15, -0.1) is 11.3 Å². The van der Waals surface area contributed by atoms with Crippen LogP contribution in [0.4, 0.5) is 5.69 Å². The first-order chi connectivity index (χ1) is 9.06. The predicted molar refractivity (Wildman–Crippen MR) is 77.1 cm³/mol. The van der Waals surface area contributed by atoms with Gasteiger partial charge < -0.3 is 10.6 Å². The Balaban J connectivity index is 2.26. The molecule has 2 aromatic heterocycles. The molecule has 0 saturated heterocycles. The summed E-state index contributed by atoms with van der Waals surface area (Å²) in [6, 6.07) is 4.03. The van der Waals surface area contributed by atoms with E-state index in [1.165, 1.54) is 6.20 Å². The third-order valence-electron chi connectivity index (χ3n) is 3.23. The number of carbonyl (C=O) groups is 1. The summed E-state index contributed by atoms with van der Waals surface area (Å²) in [5.74, 6) is -0.0993. The average Bonchev–Trinajstić information content (AvgIpc) is 3.05. The van der Waals surface area contributed by atoms with Gasteiger partial charge in [0.1, 0.15) is 5.69 Å². The maximum atomic E-state index is 12.5. The summed E-state index contributed by atoms with van der Waals surface area (Å²) >= 11 is 1.64. The first kappa shape index (κ1) is 13.6. The van der Waals surface area contributed by atoms with Crippen molar-refractivity contribution < 1.29 is 4.79 Å². The van der Waals surface area contributed by atoms with E-state index in [0.717, 1.165) is 4.88 Å². The molecular weight excluding hydrogens is 260 g/mol. The Morgan fingerprint density at radius 3 is 2.95 bits per heavy atom. The third kappa shape index (κ3) is 2.49. The Hall–Kier alpha value is -1.82. The molecule has 0 bridgehead atoms. The number of carbonyl (C=O) groups excluding carboxylic acids is 1. The van der Waals surface area contributed by atoms with Crippen molar-refractivity contribution in [3.8, 4) is 0 Å². The highest BCUT2D eigenvalue weighted by Crippen LogP contribution is 2.25. The highest BCUT2D eigenvalue weighted by atomic mass is 32.1. The second-order valence-electron chi connectivity index (χ2n) is 4.37. The molecule has 0 fully saturated rings. The van der Waals surface area contributed by atoms with Gasteiger partial charge in [-0.3, -0.25) is 9.48 Å². The summed E-state index contributed by atoms with van der Waals surface area (Å²) in [6.07, 6.45) is 1.53. The van der Waals surface area contributed by atoms with Crippen LogP contribution in [-0.2, 0) is 6.54 Å². The van der Waals surface area contributed by atoms with Crippen LogP contribution >= 0.6 is 11.3 Å². The van der Waals surface area contributed by atoms with E-state index in [1.54, 1.807) is 28.0 Å². The monoisotopic (exact) mass is 278 g/mol. The molecule has 5 nitrogen and oxygen atoms in total. The van der Waals surface area contributed by atoms with Gasteiger partial charge in [-0.05, 0) is 25.3 Å². The minimum absolute atomic E-state index is 0.0205. The molecule has 2 heterocycles. The Labute approximate surface area is 116 Å². The van der Waals surface area contributed by atoms with Crippen molar-refractivity contribution in [2.75, 3.05) is 12.8 Å². The van der Waals surface area contributed by atoms with Crippen molar-refractivity contribution in [3.05, 3.63) is 34.3 Å². The normalized spacial score (nSPS) is 12.4. The average molecular weight is 278 g/mol. The summed E-state index contributed by atoms with van der Waals surface area (Å²) < 4.78 is 1.63. The molecule has 0 aliphatic carbocycles. The Kier molecular flexibility index (Phi) is 3.90. The van der Waals surface area contributed by atoms with Crippen molar-refractivity contribution in [2.45, 2.75) is 26.4 Å². The van der Waals surface area contributed by atoms with Gasteiger partial charge in [-0.2, -0.15) is 5.10 Å². The summed E-state index contributed by atoms with van der Waals surface area (Å²) in [6.45, 7) is 4.57. The SMILES string of the molecule is CCn1ncc(N)c1C(=O)N(C)C(C)c1cccs1. The molecule has 0 radical (unpaired) electrons. The number of aryl methyl sites for hydroxylation is 1. The second-order valence-corrected chi connectivity index (χ2v) is 5.35. The van der Waals surface area contributed by atoms with E-state index in [0.29, 0.717) is 17.9 Å². The van der Waals surface area contributed by atoms with E-state index in [1.807, 2.05) is 31.4 Å². The van der Waals surface area contributed by atoms with Gasteiger partial charge in [0.15, 0.2) is 0 Å². The summed E-state index contributed by atoms with van der Waals surface area (Å²) in [5, 5.41) is 6.12. The molecule has 1 unspecified atom stereocenters. The van der Waals surface area contributed by atoms with Crippen molar-refractivity contribution >= 4 is 22.9 Å². The van der Waals surface area contributed by atoms with Crippen LogP contribution in [0.3, 0.4) is 0 Å². The van der Waals surface area contributed by atoms with Gasteiger partial charge in [0.05, 0.1) is 17.9 Å². The van der Waals surface area contributed by atoms with Crippen LogP contribution in [0.25, 0.3) is 0 Å². The quantitative estimate of drug-likeness (QED) is 0.934. The van der Waals surface area contributed by atoms with Gasteiger partial charge >= 0.3 is 0 Å². The fourth-order valence-electron chi connectivity index (χ4n) is 1.94. The van der Waals surface area contributed by atoms with Gasteiger partial charge in [-0.1, -0.05) is 6.07 Å². The molecule has 0 aliphatic heterocycles. The Morgan fingerprint density at radius 2 is 2.37 bits per heavy atom. The number of rotatable bonds is 4. The van der Waals surface area contributed by atoms with E-state index in [2.05, 4.69) is 5.10 Å². The summed E-state index contributed by atoms with van der Waals surface area (Å²) in [7, 11) is 1.79. The van der Waals surface area contributed by atoms with Crippen LogP contribution in [0.15, 0.2) is 23.7 Å². The topological polar surface area (TPSA) is 64.2 Å². The number of nitrogens with zero attached hydrogens (tertiary/aromatic N) is 3. The van der Waals surface area contributed by atoms with Gasteiger partial charge in [-0.25, -0.2) is 0 Å². The number of nitrogens with two attached hydrogens (primary N) is 1. The zero-order valence-electron chi connectivity index (χ0n) is 11.3. The molecule has 2 rings (SSSR count).